The molecule has 20 heavy (non-hydrogen) atoms. The van der Waals surface area contributed by atoms with Crippen molar-refractivity contribution in [1.29, 1.82) is 0 Å². The molecule has 8 heteroatoms. The first-order chi connectivity index (χ1) is 9.33. The van der Waals surface area contributed by atoms with Crippen molar-refractivity contribution in [3.8, 4) is 0 Å². The average molecular weight is 288 g/mol. The number of aliphatic hydroxyl groups is 5. The van der Waals surface area contributed by atoms with Crippen LogP contribution in [0.3, 0.4) is 0 Å². The van der Waals surface area contributed by atoms with Gasteiger partial charge in [-0.05, 0) is 24.3 Å². The molecule has 0 saturated heterocycles. The van der Waals surface area contributed by atoms with E-state index in [0.29, 0.717) is 0 Å². The summed E-state index contributed by atoms with van der Waals surface area (Å²) in [5.74, 6) is 0. The highest BCUT2D eigenvalue weighted by Gasteiger charge is 2.29. The monoisotopic (exact) mass is 288 g/mol. The van der Waals surface area contributed by atoms with Crippen molar-refractivity contribution in [3.63, 3.8) is 0 Å². The maximum absolute atomic E-state index is 9.90. The van der Waals surface area contributed by atoms with E-state index < -0.39 is 31.0 Å². The van der Waals surface area contributed by atoms with Gasteiger partial charge >= 0.3 is 0 Å². The van der Waals surface area contributed by atoms with Crippen LogP contribution in [0.4, 0.5) is 11.4 Å². The van der Waals surface area contributed by atoms with Crippen LogP contribution in [0.15, 0.2) is 24.3 Å². The maximum Gasteiger partial charge on any atom is 0.151 e. The summed E-state index contributed by atoms with van der Waals surface area (Å²) in [5, 5.41) is 43.5. The van der Waals surface area contributed by atoms with Crippen molar-refractivity contribution in [2.24, 2.45) is 0 Å². The Morgan fingerprint density at radius 3 is 1.65 bits per heavy atom. The number of carbonyl (C=O) groups excluding carboxylic acids is 1. The van der Waals surface area contributed by atoms with Crippen molar-refractivity contribution in [1.82, 2.24) is 0 Å². The molecule has 0 aromatic heterocycles. The Kier molecular flexibility index (Phi) is 8.45. The number of aliphatic hydroxyl groups excluding tert-OH is 5. The summed E-state index contributed by atoms with van der Waals surface area (Å²) in [6.07, 6.45) is -6.84. The molecular formula is C12H20N2O6. The van der Waals surface area contributed by atoms with E-state index in [9.17, 15) is 4.79 Å². The molecule has 0 bridgehead atoms. The van der Waals surface area contributed by atoms with Crippen LogP contribution in [0.5, 0.6) is 0 Å². The Hall–Kier alpha value is -1.71. The summed E-state index contributed by atoms with van der Waals surface area (Å²) in [7, 11) is 0. The number of nitrogens with two attached hydrogens (primary N) is 2. The van der Waals surface area contributed by atoms with Crippen molar-refractivity contribution in [3.05, 3.63) is 24.3 Å². The molecule has 0 aliphatic heterocycles. The Bertz CT molecular complexity index is 365. The quantitative estimate of drug-likeness (QED) is 0.230. The van der Waals surface area contributed by atoms with Gasteiger partial charge in [0.2, 0.25) is 0 Å². The molecule has 8 nitrogen and oxygen atoms in total. The molecule has 0 saturated carbocycles. The number of hydrogen-bond donors (Lipinski definition) is 7. The van der Waals surface area contributed by atoms with Crippen LogP contribution >= 0.6 is 0 Å². The molecule has 0 aliphatic carbocycles. The van der Waals surface area contributed by atoms with Crippen molar-refractivity contribution >= 4 is 17.7 Å². The molecule has 1 rings (SSSR count). The zero-order valence-corrected chi connectivity index (χ0v) is 10.7. The highest BCUT2D eigenvalue weighted by Crippen LogP contribution is 2.05. The fourth-order valence-electron chi connectivity index (χ4n) is 1.11. The van der Waals surface area contributed by atoms with Gasteiger partial charge in [0.15, 0.2) is 6.29 Å². The lowest BCUT2D eigenvalue weighted by atomic mass is 10.0. The summed E-state index contributed by atoms with van der Waals surface area (Å²) >= 11 is 0. The predicted octanol–water partition coefficient (Wildman–Crippen LogP) is -2.53. The van der Waals surface area contributed by atoms with E-state index in [-0.39, 0.29) is 6.29 Å². The summed E-state index contributed by atoms with van der Waals surface area (Å²) in [5.41, 5.74) is 12.2. The number of carbonyl (C=O) groups is 1. The number of aldehydes is 1. The third-order valence-corrected chi connectivity index (χ3v) is 2.36. The number of benzene rings is 1. The van der Waals surface area contributed by atoms with Gasteiger partial charge in [0.25, 0.3) is 0 Å². The second-order valence-corrected chi connectivity index (χ2v) is 4.02. The molecule has 0 spiro atoms. The second kappa shape index (κ2) is 9.23. The summed E-state index contributed by atoms with van der Waals surface area (Å²) in [6.45, 7) is -0.760. The molecule has 114 valence electrons. The predicted molar refractivity (Wildman–Crippen MR) is 72.4 cm³/mol. The van der Waals surface area contributed by atoms with Gasteiger partial charge in [0.1, 0.15) is 24.4 Å². The molecule has 0 heterocycles. The highest BCUT2D eigenvalue weighted by atomic mass is 16.4. The van der Waals surface area contributed by atoms with Gasteiger partial charge in [-0.15, -0.1) is 0 Å². The van der Waals surface area contributed by atoms with Gasteiger partial charge in [0.05, 0.1) is 6.61 Å². The molecule has 0 amide bonds. The maximum atomic E-state index is 9.90. The minimum Gasteiger partial charge on any atom is -0.399 e. The lowest BCUT2D eigenvalue weighted by Gasteiger charge is -2.22. The van der Waals surface area contributed by atoms with E-state index >= 15 is 0 Å². The van der Waals surface area contributed by atoms with Gasteiger partial charge in [-0.25, -0.2) is 0 Å². The van der Waals surface area contributed by atoms with E-state index in [1.54, 1.807) is 24.3 Å². The van der Waals surface area contributed by atoms with Crippen LogP contribution in [0.1, 0.15) is 0 Å². The fraction of sp³-hybridized carbons (Fsp3) is 0.417. The third-order valence-electron chi connectivity index (χ3n) is 2.36. The molecule has 0 unspecified atom stereocenters. The first-order valence-corrected chi connectivity index (χ1v) is 5.73. The van der Waals surface area contributed by atoms with E-state index in [2.05, 4.69) is 0 Å². The number of hydrogen-bond acceptors (Lipinski definition) is 8. The fourth-order valence-corrected chi connectivity index (χ4v) is 1.11. The number of nitrogen functional groups attached to an aromatic ring is 2. The number of anilines is 2. The smallest absolute Gasteiger partial charge is 0.151 e. The molecule has 9 N–H and O–H groups in total. The lowest BCUT2D eigenvalue weighted by molar-refractivity contribution is -0.136. The van der Waals surface area contributed by atoms with E-state index in [4.69, 9.17) is 37.0 Å². The van der Waals surface area contributed by atoms with E-state index in [1.807, 2.05) is 0 Å². The van der Waals surface area contributed by atoms with Gasteiger partial charge in [-0.3, -0.25) is 0 Å². The normalized spacial score (nSPS) is 16.2. The van der Waals surface area contributed by atoms with Crippen LogP contribution < -0.4 is 11.5 Å². The zero-order valence-electron chi connectivity index (χ0n) is 10.7. The van der Waals surface area contributed by atoms with Crippen molar-refractivity contribution in [2.75, 3.05) is 18.1 Å². The largest absolute Gasteiger partial charge is 0.399 e. The van der Waals surface area contributed by atoms with Gasteiger partial charge in [-0.2, -0.15) is 0 Å². The zero-order chi connectivity index (χ0) is 15.7. The SMILES string of the molecule is Nc1ccc(N)cc1.O=C[C@H](O)[C@@H](O)[C@H](O)[C@H](O)CO. The first kappa shape index (κ1) is 18.3. The van der Waals surface area contributed by atoms with E-state index in [0.717, 1.165) is 11.4 Å². The number of rotatable bonds is 5. The molecule has 0 aliphatic rings. The molecule has 4 atom stereocenters. The lowest BCUT2D eigenvalue weighted by Crippen LogP contribution is -2.46. The van der Waals surface area contributed by atoms with Crippen LogP contribution in [0, 0.1) is 0 Å². The molecule has 1 aromatic rings. The topological polar surface area (TPSA) is 170 Å². The van der Waals surface area contributed by atoms with Gasteiger partial charge in [0, 0.05) is 11.4 Å². The van der Waals surface area contributed by atoms with Crippen LogP contribution in [0.25, 0.3) is 0 Å². The van der Waals surface area contributed by atoms with Gasteiger partial charge in [-0.1, -0.05) is 0 Å². The van der Waals surface area contributed by atoms with Crippen LogP contribution in [-0.2, 0) is 4.79 Å². The Morgan fingerprint density at radius 1 is 0.950 bits per heavy atom. The van der Waals surface area contributed by atoms with Crippen molar-refractivity contribution < 1.29 is 30.3 Å². The van der Waals surface area contributed by atoms with Crippen LogP contribution in [-0.4, -0.2) is 62.8 Å². The van der Waals surface area contributed by atoms with E-state index in [1.165, 1.54) is 0 Å². The molecule has 0 radical (unpaired) electrons. The molecular weight excluding hydrogens is 268 g/mol. The Morgan fingerprint density at radius 2 is 1.35 bits per heavy atom. The Labute approximate surface area is 115 Å². The van der Waals surface area contributed by atoms with Gasteiger partial charge < -0.3 is 41.8 Å². The standard InChI is InChI=1S/C6H8N2.C6H12O6/c7-5-1-2-6(8)4-3-5;7-1-3(9)5(11)6(12)4(10)2-8/h1-4H,7-8H2;1,3-6,8-12H,2H2/t;3-,4+,5+,6+/m.0/s1. The van der Waals surface area contributed by atoms with Crippen LogP contribution in [0.2, 0.25) is 0 Å². The summed E-state index contributed by atoms with van der Waals surface area (Å²) in [6, 6.07) is 7.09. The Balaban J connectivity index is 0.000000388. The summed E-state index contributed by atoms with van der Waals surface area (Å²) < 4.78 is 0. The molecule has 1 aromatic carbocycles. The second-order valence-electron chi connectivity index (χ2n) is 4.02. The van der Waals surface area contributed by atoms with Crippen molar-refractivity contribution in [2.45, 2.75) is 24.4 Å². The first-order valence-electron chi connectivity index (χ1n) is 5.73. The summed E-state index contributed by atoms with van der Waals surface area (Å²) in [4.78, 5) is 9.90. The molecule has 0 fully saturated rings. The minimum absolute atomic E-state index is 0.0258. The third kappa shape index (κ3) is 6.45. The highest BCUT2D eigenvalue weighted by molar-refractivity contribution is 5.56. The minimum atomic E-state index is -1.79. The average Bonchev–Trinajstić information content (AvgIpc) is 2.47.